The van der Waals surface area contributed by atoms with Crippen LogP contribution in [-0.4, -0.2) is 17.5 Å². The molecule has 2 aromatic carbocycles. The van der Waals surface area contributed by atoms with E-state index in [0.717, 1.165) is 5.39 Å². The highest BCUT2D eigenvalue weighted by atomic mass is 35.5. The molecule has 0 saturated heterocycles. The van der Waals surface area contributed by atoms with Gasteiger partial charge in [0.25, 0.3) is 5.91 Å². The second-order valence-corrected chi connectivity index (χ2v) is 5.63. The monoisotopic (exact) mass is 346 g/mol. The number of nitrogens with zero attached hydrogens (tertiary/aromatic N) is 1. The lowest BCUT2D eigenvalue weighted by molar-refractivity contribution is -0.118. The highest BCUT2D eigenvalue weighted by Crippen LogP contribution is 2.26. The molecular formula is C17H12Cl2N2O2. The van der Waals surface area contributed by atoms with Gasteiger partial charge in [-0.1, -0.05) is 35.3 Å². The Kier molecular flexibility index (Phi) is 4.65. The zero-order chi connectivity index (χ0) is 16.2. The van der Waals surface area contributed by atoms with Gasteiger partial charge in [-0.3, -0.25) is 9.78 Å². The van der Waals surface area contributed by atoms with Gasteiger partial charge in [-0.25, -0.2) is 0 Å². The smallest absolute Gasteiger partial charge is 0.262 e. The number of nitrogens with one attached hydrogen (secondary N) is 1. The zero-order valence-corrected chi connectivity index (χ0v) is 13.4. The number of aromatic nitrogens is 1. The van der Waals surface area contributed by atoms with Gasteiger partial charge in [-0.05, 0) is 36.4 Å². The van der Waals surface area contributed by atoms with E-state index in [0.29, 0.717) is 27.0 Å². The third-order valence-electron chi connectivity index (χ3n) is 3.18. The van der Waals surface area contributed by atoms with Crippen LogP contribution in [0.1, 0.15) is 0 Å². The molecule has 0 radical (unpaired) electrons. The predicted octanol–water partition coefficient (Wildman–Crippen LogP) is 4.56. The molecule has 1 N–H and O–H groups in total. The average Bonchev–Trinajstić information content (AvgIpc) is 2.55. The fraction of sp³-hybridized carbons (Fsp3) is 0.0588. The van der Waals surface area contributed by atoms with E-state index in [9.17, 15) is 4.79 Å². The van der Waals surface area contributed by atoms with E-state index in [1.54, 1.807) is 42.6 Å². The molecule has 23 heavy (non-hydrogen) atoms. The first-order valence-corrected chi connectivity index (χ1v) is 7.60. The Labute approximate surface area is 143 Å². The minimum atomic E-state index is -0.271. The molecule has 3 rings (SSSR count). The van der Waals surface area contributed by atoms with Crippen LogP contribution < -0.4 is 10.1 Å². The lowest BCUT2D eigenvalue weighted by Gasteiger charge is -2.10. The van der Waals surface area contributed by atoms with Gasteiger partial charge in [-0.2, -0.15) is 0 Å². The summed E-state index contributed by atoms with van der Waals surface area (Å²) in [6, 6.07) is 14.0. The van der Waals surface area contributed by atoms with Gasteiger partial charge >= 0.3 is 0 Å². The SMILES string of the molecule is O=C(COc1ccc(Cl)cc1)Nc1ccnc2c(Cl)cccc12. The van der Waals surface area contributed by atoms with E-state index >= 15 is 0 Å². The fourth-order valence-corrected chi connectivity index (χ4v) is 2.46. The summed E-state index contributed by atoms with van der Waals surface area (Å²) in [7, 11) is 0. The highest BCUT2D eigenvalue weighted by molar-refractivity contribution is 6.35. The van der Waals surface area contributed by atoms with Crippen molar-refractivity contribution in [3.05, 3.63) is 64.8 Å². The Morgan fingerprint density at radius 1 is 1.09 bits per heavy atom. The quantitative estimate of drug-likeness (QED) is 0.753. The third kappa shape index (κ3) is 3.73. The van der Waals surface area contributed by atoms with Crippen LogP contribution in [0.25, 0.3) is 10.9 Å². The summed E-state index contributed by atoms with van der Waals surface area (Å²) < 4.78 is 5.42. The molecule has 116 valence electrons. The molecule has 0 atom stereocenters. The van der Waals surface area contributed by atoms with Crippen molar-refractivity contribution in [3.63, 3.8) is 0 Å². The maximum absolute atomic E-state index is 12.1. The highest BCUT2D eigenvalue weighted by Gasteiger charge is 2.09. The number of ether oxygens (including phenoxy) is 1. The lowest BCUT2D eigenvalue weighted by atomic mass is 10.2. The van der Waals surface area contributed by atoms with Crippen molar-refractivity contribution in [2.24, 2.45) is 0 Å². The van der Waals surface area contributed by atoms with Crippen LogP contribution in [0.5, 0.6) is 5.75 Å². The molecule has 0 unspecified atom stereocenters. The van der Waals surface area contributed by atoms with Crippen LogP contribution in [0.3, 0.4) is 0 Å². The van der Waals surface area contributed by atoms with Crippen LogP contribution in [0.2, 0.25) is 10.0 Å². The van der Waals surface area contributed by atoms with E-state index in [-0.39, 0.29) is 12.5 Å². The maximum atomic E-state index is 12.1. The molecule has 0 bridgehead atoms. The van der Waals surface area contributed by atoms with Gasteiger partial charge in [0.05, 0.1) is 16.2 Å². The summed E-state index contributed by atoms with van der Waals surface area (Å²) >= 11 is 11.9. The summed E-state index contributed by atoms with van der Waals surface area (Å²) in [4.78, 5) is 16.3. The summed E-state index contributed by atoms with van der Waals surface area (Å²) in [5.74, 6) is 0.305. The molecule has 0 spiro atoms. The Balaban J connectivity index is 1.71. The van der Waals surface area contributed by atoms with Crippen LogP contribution in [0.4, 0.5) is 5.69 Å². The molecule has 3 aromatic rings. The van der Waals surface area contributed by atoms with Crippen molar-refractivity contribution in [1.82, 2.24) is 4.98 Å². The van der Waals surface area contributed by atoms with Crippen LogP contribution >= 0.6 is 23.2 Å². The standard InChI is InChI=1S/C17H12Cl2N2O2/c18-11-4-6-12(7-5-11)23-10-16(22)21-15-8-9-20-17-13(15)2-1-3-14(17)19/h1-9H,10H2,(H,20,21,22). The van der Waals surface area contributed by atoms with Crippen LogP contribution in [0.15, 0.2) is 54.7 Å². The third-order valence-corrected chi connectivity index (χ3v) is 3.74. The van der Waals surface area contributed by atoms with Crippen molar-refractivity contribution >= 4 is 45.7 Å². The summed E-state index contributed by atoms with van der Waals surface area (Å²) in [6.45, 7) is -0.105. The normalized spacial score (nSPS) is 10.5. The minimum Gasteiger partial charge on any atom is -0.484 e. The Bertz CT molecular complexity index is 851. The Hall–Kier alpha value is -2.30. The van der Waals surface area contributed by atoms with Crippen LogP contribution in [0, 0.1) is 0 Å². The minimum absolute atomic E-state index is 0.105. The number of carbonyl (C=O) groups is 1. The first-order chi connectivity index (χ1) is 11.1. The second kappa shape index (κ2) is 6.86. The number of amides is 1. The topological polar surface area (TPSA) is 51.2 Å². The molecule has 1 aromatic heterocycles. The maximum Gasteiger partial charge on any atom is 0.262 e. The molecular weight excluding hydrogens is 335 g/mol. The summed E-state index contributed by atoms with van der Waals surface area (Å²) in [5, 5.41) is 4.73. The van der Waals surface area contributed by atoms with Crippen molar-refractivity contribution in [1.29, 1.82) is 0 Å². The number of halogens is 2. The molecule has 1 amide bonds. The summed E-state index contributed by atoms with van der Waals surface area (Å²) in [5.41, 5.74) is 1.28. The van der Waals surface area contributed by atoms with Gasteiger partial charge < -0.3 is 10.1 Å². The average molecular weight is 347 g/mol. The number of rotatable bonds is 4. The number of carbonyl (C=O) groups excluding carboxylic acids is 1. The van der Waals surface area contributed by atoms with Gasteiger partial charge in [0.2, 0.25) is 0 Å². The number of para-hydroxylation sites is 1. The van der Waals surface area contributed by atoms with Gasteiger partial charge in [0, 0.05) is 16.6 Å². The molecule has 1 heterocycles. The van der Waals surface area contributed by atoms with Gasteiger partial charge in [0.1, 0.15) is 5.75 Å². The number of pyridine rings is 1. The second-order valence-electron chi connectivity index (χ2n) is 4.79. The van der Waals surface area contributed by atoms with Crippen LogP contribution in [-0.2, 0) is 4.79 Å². The summed E-state index contributed by atoms with van der Waals surface area (Å²) in [6.07, 6.45) is 1.60. The molecule has 0 aliphatic rings. The van der Waals surface area contributed by atoms with Crippen molar-refractivity contribution in [2.45, 2.75) is 0 Å². The van der Waals surface area contributed by atoms with Crippen molar-refractivity contribution in [3.8, 4) is 5.75 Å². The van der Waals surface area contributed by atoms with Crippen molar-refractivity contribution < 1.29 is 9.53 Å². The van der Waals surface area contributed by atoms with Gasteiger partial charge in [0.15, 0.2) is 6.61 Å². The number of anilines is 1. The Morgan fingerprint density at radius 2 is 1.87 bits per heavy atom. The molecule has 6 heteroatoms. The van der Waals surface area contributed by atoms with E-state index in [4.69, 9.17) is 27.9 Å². The first-order valence-electron chi connectivity index (χ1n) is 6.85. The largest absolute Gasteiger partial charge is 0.484 e. The molecule has 0 aliphatic heterocycles. The lowest BCUT2D eigenvalue weighted by Crippen LogP contribution is -2.20. The van der Waals surface area contributed by atoms with Gasteiger partial charge in [-0.15, -0.1) is 0 Å². The Morgan fingerprint density at radius 3 is 2.65 bits per heavy atom. The van der Waals surface area contributed by atoms with E-state index in [1.165, 1.54) is 0 Å². The molecule has 0 aliphatic carbocycles. The number of hydrogen-bond donors (Lipinski definition) is 1. The number of fused-ring (bicyclic) bond motifs is 1. The molecule has 4 nitrogen and oxygen atoms in total. The predicted molar refractivity (Wildman–Crippen MR) is 92.3 cm³/mol. The number of benzene rings is 2. The van der Waals surface area contributed by atoms with E-state index in [1.807, 2.05) is 12.1 Å². The molecule has 0 fully saturated rings. The zero-order valence-electron chi connectivity index (χ0n) is 11.9. The number of hydrogen-bond acceptors (Lipinski definition) is 3. The first kappa shape index (κ1) is 15.6. The van der Waals surface area contributed by atoms with Crippen molar-refractivity contribution in [2.75, 3.05) is 11.9 Å². The fourth-order valence-electron chi connectivity index (χ4n) is 2.11. The molecule has 0 saturated carbocycles. The van der Waals surface area contributed by atoms with E-state index < -0.39 is 0 Å². The van der Waals surface area contributed by atoms with E-state index in [2.05, 4.69) is 10.3 Å².